The Balaban J connectivity index is 2.29. The van der Waals surface area contributed by atoms with Crippen LogP contribution in [0.5, 0.6) is 0 Å². The summed E-state index contributed by atoms with van der Waals surface area (Å²) in [6, 6.07) is 1.54. The highest BCUT2D eigenvalue weighted by Gasteiger charge is 2.22. The summed E-state index contributed by atoms with van der Waals surface area (Å²) in [5.41, 5.74) is 1.70. The van der Waals surface area contributed by atoms with Crippen LogP contribution in [-0.2, 0) is 11.2 Å². The van der Waals surface area contributed by atoms with Crippen LogP contribution in [0, 0.1) is 0 Å². The molecule has 5 heteroatoms. The number of H-pyrrole nitrogens is 1. The van der Waals surface area contributed by atoms with Gasteiger partial charge in [0, 0.05) is 18.7 Å². The summed E-state index contributed by atoms with van der Waals surface area (Å²) in [5, 5.41) is 2.71. The first kappa shape index (κ1) is 9.76. The SMILES string of the molecule is CCOC(=O)c1cc2c([nH]1)CCNC2=O. The molecule has 0 bridgehead atoms. The van der Waals surface area contributed by atoms with E-state index in [0.29, 0.717) is 24.4 Å². The molecule has 0 radical (unpaired) electrons. The molecule has 0 atom stereocenters. The summed E-state index contributed by atoms with van der Waals surface area (Å²) in [6.07, 6.45) is 0.723. The van der Waals surface area contributed by atoms with E-state index in [1.54, 1.807) is 13.0 Å². The minimum absolute atomic E-state index is 0.136. The first-order chi connectivity index (χ1) is 7.22. The van der Waals surface area contributed by atoms with Gasteiger partial charge < -0.3 is 15.0 Å². The van der Waals surface area contributed by atoms with Gasteiger partial charge in [0.1, 0.15) is 5.69 Å². The molecule has 2 heterocycles. The van der Waals surface area contributed by atoms with Crippen LogP contribution in [-0.4, -0.2) is 30.0 Å². The molecular formula is C10H12N2O3. The van der Waals surface area contributed by atoms with Crippen LogP contribution in [0.2, 0.25) is 0 Å². The minimum Gasteiger partial charge on any atom is -0.461 e. The third kappa shape index (κ3) is 1.72. The molecule has 1 aliphatic rings. The number of carbonyl (C=O) groups is 2. The summed E-state index contributed by atoms with van der Waals surface area (Å²) in [6.45, 7) is 2.68. The van der Waals surface area contributed by atoms with Crippen molar-refractivity contribution < 1.29 is 14.3 Å². The largest absolute Gasteiger partial charge is 0.461 e. The Labute approximate surface area is 86.8 Å². The molecule has 1 amide bonds. The lowest BCUT2D eigenvalue weighted by atomic mass is 10.1. The third-order valence-electron chi connectivity index (χ3n) is 2.30. The van der Waals surface area contributed by atoms with Crippen molar-refractivity contribution in [2.45, 2.75) is 13.3 Å². The number of esters is 1. The number of aromatic nitrogens is 1. The van der Waals surface area contributed by atoms with E-state index >= 15 is 0 Å². The number of ether oxygens (including phenoxy) is 1. The molecule has 1 aliphatic heterocycles. The second kappa shape index (κ2) is 3.76. The van der Waals surface area contributed by atoms with Crippen LogP contribution in [0.3, 0.4) is 0 Å². The summed E-state index contributed by atoms with van der Waals surface area (Å²) in [4.78, 5) is 25.7. The van der Waals surface area contributed by atoms with Gasteiger partial charge in [0.2, 0.25) is 0 Å². The van der Waals surface area contributed by atoms with Crippen LogP contribution in [0.1, 0.15) is 33.5 Å². The quantitative estimate of drug-likeness (QED) is 0.694. The number of hydrogen-bond donors (Lipinski definition) is 2. The molecule has 0 saturated heterocycles. The molecule has 1 aromatic rings. The molecule has 0 unspecified atom stereocenters. The highest BCUT2D eigenvalue weighted by atomic mass is 16.5. The van der Waals surface area contributed by atoms with Gasteiger partial charge in [-0.1, -0.05) is 0 Å². The van der Waals surface area contributed by atoms with Crippen molar-refractivity contribution in [1.82, 2.24) is 10.3 Å². The number of aromatic amines is 1. The number of fused-ring (bicyclic) bond motifs is 1. The van der Waals surface area contributed by atoms with Crippen molar-refractivity contribution in [2.24, 2.45) is 0 Å². The van der Waals surface area contributed by atoms with E-state index in [0.717, 1.165) is 12.1 Å². The van der Waals surface area contributed by atoms with Crippen LogP contribution >= 0.6 is 0 Å². The van der Waals surface area contributed by atoms with Crippen LogP contribution in [0.15, 0.2) is 6.07 Å². The molecule has 0 aromatic carbocycles. The van der Waals surface area contributed by atoms with Gasteiger partial charge in [-0.2, -0.15) is 0 Å². The number of hydrogen-bond acceptors (Lipinski definition) is 3. The maximum absolute atomic E-state index is 11.4. The maximum atomic E-state index is 11.4. The molecule has 0 spiro atoms. The van der Waals surface area contributed by atoms with E-state index in [1.165, 1.54) is 0 Å². The number of amides is 1. The van der Waals surface area contributed by atoms with Gasteiger partial charge in [-0.05, 0) is 13.0 Å². The molecule has 15 heavy (non-hydrogen) atoms. The average Bonchev–Trinajstić information content (AvgIpc) is 2.63. The van der Waals surface area contributed by atoms with Gasteiger partial charge in [-0.3, -0.25) is 4.79 Å². The number of rotatable bonds is 2. The second-order valence-corrected chi connectivity index (χ2v) is 3.30. The van der Waals surface area contributed by atoms with Crippen molar-refractivity contribution in [3.05, 3.63) is 23.0 Å². The summed E-state index contributed by atoms with van der Waals surface area (Å²) >= 11 is 0. The van der Waals surface area contributed by atoms with E-state index in [9.17, 15) is 9.59 Å². The lowest BCUT2D eigenvalue weighted by Gasteiger charge is -2.10. The standard InChI is InChI=1S/C10H12N2O3/c1-2-15-10(14)8-5-6-7(12-8)3-4-11-9(6)13/h5,12H,2-4H2,1H3,(H,11,13). The van der Waals surface area contributed by atoms with Crippen LogP contribution < -0.4 is 5.32 Å². The fraction of sp³-hybridized carbons (Fsp3) is 0.400. The van der Waals surface area contributed by atoms with Crippen LogP contribution in [0.4, 0.5) is 0 Å². The zero-order valence-corrected chi connectivity index (χ0v) is 8.42. The van der Waals surface area contributed by atoms with Gasteiger partial charge in [0.25, 0.3) is 5.91 Å². The zero-order valence-electron chi connectivity index (χ0n) is 8.42. The first-order valence-electron chi connectivity index (χ1n) is 4.89. The van der Waals surface area contributed by atoms with E-state index < -0.39 is 5.97 Å². The van der Waals surface area contributed by atoms with Gasteiger partial charge >= 0.3 is 5.97 Å². The lowest BCUT2D eigenvalue weighted by molar-refractivity contribution is 0.0520. The number of nitrogens with one attached hydrogen (secondary N) is 2. The Morgan fingerprint density at radius 1 is 1.60 bits per heavy atom. The maximum Gasteiger partial charge on any atom is 0.354 e. The summed E-state index contributed by atoms with van der Waals surface area (Å²) in [7, 11) is 0. The van der Waals surface area contributed by atoms with Gasteiger partial charge in [0.05, 0.1) is 12.2 Å². The summed E-state index contributed by atoms with van der Waals surface area (Å²) in [5.74, 6) is -0.553. The molecule has 0 fully saturated rings. The van der Waals surface area contributed by atoms with Crippen molar-refractivity contribution in [1.29, 1.82) is 0 Å². The fourth-order valence-electron chi connectivity index (χ4n) is 1.61. The van der Waals surface area contributed by atoms with E-state index in [-0.39, 0.29) is 5.91 Å². The predicted molar refractivity (Wildman–Crippen MR) is 52.8 cm³/mol. The summed E-state index contributed by atoms with van der Waals surface area (Å²) < 4.78 is 4.84. The van der Waals surface area contributed by atoms with E-state index in [2.05, 4.69) is 10.3 Å². The molecule has 0 aliphatic carbocycles. The average molecular weight is 208 g/mol. The molecular weight excluding hydrogens is 196 g/mol. The predicted octanol–water partition coefficient (Wildman–Crippen LogP) is 0.477. The van der Waals surface area contributed by atoms with Crippen molar-refractivity contribution >= 4 is 11.9 Å². The lowest BCUT2D eigenvalue weighted by Crippen LogP contribution is -2.31. The molecule has 0 saturated carbocycles. The van der Waals surface area contributed by atoms with Gasteiger partial charge in [0.15, 0.2) is 0 Å². The van der Waals surface area contributed by atoms with Crippen LogP contribution in [0.25, 0.3) is 0 Å². The van der Waals surface area contributed by atoms with Crippen molar-refractivity contribution in [2.75, 3.05) is 13.2 Å². The topological polar surface area (TPSA) is 71.2 Å². The highest BCUT2D eigenvalue weighted by Crippen LogP contribution is 2.15. The first-order valence-corrected chi connectivity index (χ1v) is 4.89. The second-order valence-electron chi connectivity index (χ2n) is 3.30. The Bertz CT molecular complexity index is 409. The van der Waals surface area contributed by atoms with Crippen molar-refractivity contribution in [3.8, 4) is 0 Å². The van der Waals surface area contributed by atoms with Crippen molar-refractivity contribution in [3.63, 3.8) is 0 Å². The Morgan fingerprint density at radius 3 is 3.07 bits per heavy atom. The van der Waals surface area contributed by atoms with Gasteiger partial charge in [-0.25, -0.2) is 4.79 Å². The highest BCUT2D eigenvalue weighted by molar-refractivity contribution is 5.99. The Hall–Kier alpha value is -1.78. The van der Waals surface area contributed by atoms with E-state index in [1.807, 2.05) is 0 Å². The Morgan fingerprint density at radius 2 is 2.40 bits per heavy atom. The van der Waals surface area contributed by atoms with Gasteiger partial charge in [-0.15, -0.1) is 0 Å². The monoisotopic (exact) mass is 208 g/mol. The zero-order chi connectivity index (χ0) is 10.8. The molecule has 5 nitrogen and oxygen atoms in total. The molecule has 2 N–H and O–H groups in total. The third-order valence-corrected chi connectivity index (χ3v) is 2.30. The Kier molecular flexibility index (Phi) is 2.45. The number of carbonyl (C=O) groups excluding carboxylic acids is 2. The normalized spacial score (nSPS) is 14.3. The molecule has 2 rings (SSSR count). The fourth-order valence-corrected chi connectivity index (χ4v) is 1.61. The molecule has 1 aromatic heterocycles. The molecule has 80 valence electrons. The van der Waals surface area contributed by atoms with E-state index in [4.69, 9.17) is 4.74 Å². The smallest absolute Gasteiger partial charge is 0.354 e. The minimum atomic E-state index is -0.417.